The molecular weight excluding hydrogens is 302 g/mol. The highest BCUT2D eigenvalue weighted by atomic mass is 16.5. The molecule has 1 N–H and O–H groups in total. The number of carbonyl (C=O) groups excluding carboxylic acids is 1. The van der Waals surface area contributed by atoms with Crippen molar-refractivity contribution in [3.8, 4) is 11.8 Å². The average Bonchev–Trinajstić information content (AvgIpc) is 2.58. The van der Waals surface area contributed by atoms with Crippen LogP contribution in [0.1, 0.15) is 11.1 Å². The van der Waals surface area contributed by atoms with Crippen LogP contribution in [0.2, 0.25) is 0 Å². The highest BCUT2D eigenvalue weighted by molar-refractivity contribution is 5.92. The maximum atomic E-state index is 12.2. The van der Waals surface area contributed by atoms with Gasteiger partial charge in [0.25, 0.3) is 0 Å². The van der Waals surface area contributed by atoms with Crippen molar-refractivity contribution in [2.75, 3.05) is 5.32 Å². The first kappa shape index (κ1) is 15.7. The lowest BCUT2D eigenvalue weighted by molar-refractivity contribution is -0.115. The Bertz CT molecular complexity index is 835. The second-order valence-electron chi connectivity index (χ2n) is 5.31. The van der Waals surface area contributed by atoms with Gasteiger partial charge in [-0.1, -0.05) is 30.3 Å². The molecule has 1 aromatic heterocycles. The largest absolute Gasteiger partial charge is 0.424 e. The molecule has 5 heteroatoms. The van der Waals surface area contributed by atoms with E-state index in [0.29, 0.717) is 17.9 Å². The van der Waals surface area contributed by atoms with Crippen molar-refractivity contribution < 1.29 is 9.53 Å². The van der Waals surface area contributed by atoms with Crippen LogP contribution < -0.4 is 10.1 Å². The van der Waals surface area contributed by atoms with E-state index in [0.717, 1.165) is 11.1 Å². The fraction of sp³-hybridized carbons (Fsp3) is 0.105. The molecule has 0 saturated carbocycles. The smallest absolute Gasteiger partial charge is 0.321 e. The Morgan fingerprint density at radius 2 is 1.83 bits per heavy atom. The van der Waals surface area contributed by atoms with Crippen LogP contribution >= 0.6 is 0 Å². The van der Waals surface area contributed by atoms with Crippen molar-refractivity contribution in [1.29, 1.82) is 0 Å². The summed E-state index contributed by atoms with van der Waals surface area (Å²) in [6.07, 6.45) is 3.55. The van der Waals surface area contributed by atoms with E-state index in [9.17, 15) is 4.79 Å². The first-order valence-corrected chi connectivity index (χ1v) is 7.60. The Hall–Kier alpha value is -3.21. The van der Waals surface area contributed by atoms with Crippen LogP contribution in [0.3, 0.4) is 0 Å². The van der Waals surface area contributed by atoms with Crippen LogP contribution in [0.4, 0.5) is 5.69 Å². The number of hydrogen-bond acceptors (Lipinski definition) is 4. The lowest BCUT2D eigenvalue weighted by atomic mass is 10.1. The number of benzene rings is 2. The van der Waals surface area contributed by atoms with Crippen LogP contribution in [0.15, 0.2) is 67.0 Å². The summed E-state index contributed by atoms with van der Waals surface area (Å²) in [6.45, 7) is 2.00. The summed E-state index contributed by atoms with van der Waals surface area (Å²) < 4.78 is 5.56. The van der Waals surface area contributed by atoms with Crippen LogP contribution in [-0.4, -0.2) is 15.9 Å². The summed E-state index contributed by atoms with van der Waals surface area (Å²) in [5.74, 6) is 0.493. The average molecular weight is 319 g/mol. The number of nitrogens with zero attached hydrogens (tertiary/aromatic N) is 2. The van der Waals surface area contributed by atoms with E-state index in [1.165, 1.54) is 0 Å². The summed E-state index contributed by atoms with van der Waals surface area (Å²) in [5, 5.41) is 2.88. The van der Waals surface area contributed by atoms with Gasteiger partial charge in [-0.3, -0.25) is 4.79 Å². The number of anilines is 1. The molecule has 3 aromatic rings. The number of ether oxygens (including phenoxy) is 1. The normalized spacial score (nSPS) is 10.2. The highest BCUT2D eigenvalue weighted by Crippen LogP contribution is 2.21. The van der Waals surface area contributed by atoms with Crippen LogP contribution in [0, 0.1) is 6.92 Å². The van der Waals surface area contributed by atoms with Gasteiger partial charge in [-0.05, 0) is 36.2 Å². The van der Waals surface area contributed by atoms with E-state index in [-0.39, 0.29) is 11.9 Å². The molecule has 24 heavy (non-hydrogen) atoms. The van der Waals surface area contributed by atoms with Crippen LogP contribution in [0.25, 0.3) is 0 Å². The lowest BCUT2D eigenvalue weighted by Crippen LogP contribution is -2.15. The van der Waals surface area contributed by atoms with E-state index >= 15 is 0 Å². The Morgan fingerprint density at radius 1 is 1.04 bits per heavy atom. The quantitative estimate of drug-likeness (QED) is 0.778. The predicted octanol–water partition coefficient (Wildman–Crippen LogP) is 3.76. The van der Waals surface area contributed by atoms with Gasteiger partial charge in [0.1, 0.15) is 5.75 Å². The third-order valence-electron chi connectivity index (χ3n) is 3.48. The molecular formula is C19H17N3O2. The molecule has 0 unspecified atom stereocenters. The number of hydrogen-bond donors (Lipinski definition) is 1. The van der Waals surface area contributed by atoms with Crippen molar-refractivity contribution in [2.24, 2.45) is 0 Å². The van der Waals surface area contributed by atoms with E-state index in [2.05, 4.69) is 15.3 Å². The summed E-state index contributed by atoms with van der Waals surface area (Å²) in [4.78, 5) is 20.2. The summed E-state index contributed by atoms with van der Waals surface area (Å²) >= 11 is 0. The number of amides is 1. The summed E-state index contributed by atoms with van der Waals surface area (Å²) in [6, 6.07) is 17.0. The Morgan fingerprint density at radius 3 is 2.62 bits per heavy atom. The molecule has 0 aliphatic rings. The third-order valence-corrected chi connectivity index (χ3v) is 3.48. The van der Waals surface area contributed by atoms with Gasteiger partial charge < -0.3 is 10.1 Å². The Kier molecular flexibility index (Phi) is 4.81. The molecule has 0 saturated heterocycles. The summed E-state index contributed by atoms with van der Waals surface area (Å²) in [5.41, 5.74) is 2.79. The standard InChI is InChI=1S/C19H17N3O2/c1-14-6-2-3-7-15(14)12-18(23)22-16-8-4-9-17(13-16)24-19-20-10-5-11-21-19/h2-11,13H,12H2,1H3,(H,22,23). The molecule has 5 nitrogen and oxygen atoms in total. The van der Waals surface area contributed by atoms with Gasteiger partial charge in [0.05, 0.1) is 6.42 Å². The Labute approximate surface area is 140 Å². The predicted molar refractivity (Wildman–Crippen MR) is 92.1 cm³/mol. The molecule has 120 valence electrons. The van der Waals surface area contributed by atoms with E-state index in [1.54, 1.807) is 30.6 Å². The molecule has 0 bridgehead atoms. The van der Waals surface area contributed by atoms with Gasteiger partial charge >= 0.3 is 6.01 Å². The third kappa shape index (κ3) is 4.16. The number of nitrogens with one attached hydrogen (secondary N) is 1. The minimum atomic E-state index is -0.0718. The minimum absolute atomic E-state index is 0.0718. The van der Waals surface area contributed by atoms with Crippen molar-refractivity contribution in [1.82, 2.24) is 9.97 Å². The SMILES string of the molecule is Cc1ccccc1CC(=O)Nc1cccc(Oc2ncccn2)c1. The summed E-state index contributed by atoms with van der Waals surface area (Å²) in [7, 11) is 0. The second kappa shape index (κ2) is 7.37. The number of aromatic nitrogens is 2. The molecule has 3 rings (SSSR count). The first-order valence-electron chi connectivity index (χ1n) is 7.60. The van der Waals surface area contributed by atoms with Crippen LogP contribution in [-0.2, 0) is 11.2 Å². The first-order chi connectivity index (χ1) is 11.7. The van der Waals surface area contributed by atoms with Gasteiger partial charge in [0.2, 0.25) is 5.91 Å². The molecule has 2 aromatic carbocycles. The number of carbonyl (C=O) groups is 1. The van der Waals surface area contributed by atoms with Crippen molar-refractivity contribution in [3.63, 3.8) is 0 Å². The molecule has 0 spiro atoms. The van der Waals surface area contributed by atoms with Gasteiger partial charge in [-0.15, -0.1) is 0 Å². The van der Waals surface area contributed by atoms with E-state index in [1.807, 2.05) is 43.3 Å². The maximum Gasteiger partial charge on any atom is 0.321 e. The van der Waals surface area contributed by atoms with Crippen molar-refractivity contribution in [3.05, 3.63) is 78.1 Å². The molecule has 0 atom stereocenters. The lowest BCUT2D eigenvalue weighted by Gasteiger charge is -2.09. The number of rotatable bonds is 5. The van der Waals surface area contributed by atoms with E-state index < -0.39 is 0 Å². The zero-order chi connectivity index (χ0) is 16.8. The van der Waals surface area contributed by atoms with Crippen LogP contribution in [0.5, 0.6) is 11.8 Å². The molecule has 0 aliphatic carbocycles. The Balaban J connectivity index is 1.66. The highest BCUT2D eigenvalue weighted by Gasteiger charge is 2.07. The van der Waals surface area contributed by atoms with Gasteiger partial charge in [0, 0.05) is 24.1 Å². The fourth-order valence-corrected chi connectivity index (χ4v) is 2.27. The van der Waals surface area contributed by atoms with Gasteiger partial charge in [-0.2, -0.15) is 0 Å². The van der Waals surface area contributed by atoms with E-state index in [4.69, 9.17) is 4.74 Å². The zero-order valence-corrected chi connectivity index (χ0v) is 13.3. The molecule has 1 amide bonds. The maximum absolute atomic E-state index is 12.2. The van der Waals surface area contributed by atoms with Crippen molar-refractivity contribution >= 4 is 11.6 Å². The van der Waals surface area contributed by atoms with Gasteiger partial charge in [-0.25, -0.2) is 9.97 Å². The molecule has 0 aliphatic heterocycles. The molecule has 0 fully saturated rings. The van der Waals surface area contributed by atoms with Gasteiger partial charge in [0.15, 0.2) is 0 Å². The zero-order valence-electron chi connectivity index (χ0n) is 13.3. The fourth-order valence-electron chi connectivity index (χ4n) is 2.27. The monoisotopic (exact) mass is 319 g/mol. The minimum Gasteiger partial charge on any atom is -0.424 e. The van der Waals surface area contributed by atoms with Crippen molar-refractivity contribution in [2.45, 2.75) is 13.3 Å². The molecule has 1 heterocycles. The molecule has 0 radical (unpaired) electrons. The topological polar surface area (TPSA) is 64.1 Å². The second-order valence-corrected chi connectivity index (χ2v) is 5.31. The number of aryl methyl sites for hydroxylation is 1.